The number of carboxylic acids is 1. The molecule has 0 saturated heterocycles. The standard InChI is InChI=1S/C14H9F4NO2/c1-7-10(13(20)21)4-9(6-19-7)8-2-3-11(12(15)5-8)14(16,17)18/h2-6H,1H3,(H,20,21). The van der Waals surface area contributed by atoms with E-state index in [0.29, 0.717) is 12.1 Å². The van der Waals surface area contributed by atoms with Gasteiger partial charge in [-0.1, -0.05) is 6.07 Å². The van der Waals surface area contributed by atoms with Crippen LogP contribution in [0.3, 0.4) is 0 Å². The van der Waals surface area contributed by atoms with Crippen molar-refractivity contribution in [3.05, 3.63) is 53.1 Å². The number of alkyl halides is 3. The number of aromatic carboxylic acids is 1. The third kappa shape index (κ3) is 3.01. The Morgan fingerprint density at radius 1 is 1.19 bits per heavy atom. The lowest BCUT2D eigenvalue weighted by atomic mass is 10.0. The Morgan fingerprint density at radius 2 is 1.86 bits per heavy atom. The number of pyridine rings is 1. The van der Waals surface area contributed by atoms with Crippen LogP contribution in [-0.2, 0) is 6.18 Å². The number of benzene rings is 1. The molecule has 0 saturated carbocycles. The zero-order valence-corrected chi connectivity index (χ0v) is 10.7. The van der Waals surface area contributed by atoms with E-state index < -0.39 is 23.5 Å². The zero-order valence-electron chi connectivity index (χ0n) is 10.7. The first-order chi connectivity index (χ1) is 9.70. The molecule has 1 heterocycles. The maximum atomic E-state index is 13.5. The molecule has 1 aromatic carbocycles. The lowest BCUT2D eigenvalue weighted by molar-refractivity contribution is -0.139. The van der Waals surface area contributed by atoms with Gasteiger partial charge in [0.15, 0.2) is 0 Å². The van der Waals surface area contributed by atoms with Crippen LogP contribution < -0.4 is 0 Å². The highest BCUT2D eigenvalue weighted by molar-refractivity contribution is 5.90. The molecule has 0 unspecified atom stereocenters. The molecule has 110 valence electrons. The summed E-state index contributed by atoms with van der Waals surface area (Å²) in [6.45, 7) is 1.49. The highest BCUT2D eigenvalue weighted by Gasteiger charge is 2.33. The van der Waals surface area contributed by atoms with Gasteiger partial charge in [0.25, 0.3) is 0 Å². The summed E-state index contributed by atoms with van der Waals surface area (Å²) in [6.07, 6.45) is -3.50. The maximum Gasteiger partial charge on any atom is 0.419 e. The van der Waals surface area contributed by atoms with Crippen molar-refractivity contribution in [2.75, 3.05) is 0 Å². The molecule has 0 amide bonds. The van der Waals surface area contributed by atoms with Gasteiger partial charge < -0.3 is 5.11 Å². The fourth-order valence-electron chi connectivity index (χ4n) is 1.83. The van der Waals surface area contributed by atoms with Crippen LogP contribution >= 0.6 is 0 Å². The van der Waals surface area contributed by atoms with Crippen LogP contribution in [0.5, 0.6) is 0 Å². The van der Waals surface area contributed by atoms with E-state index in [9.17, 15) is 22.4 Å². The fourth-order valence-corrected chi connectivity index (χ4v) is 1.83. The topological polar surface area (TPSA) is 50.2 Å². The number of aromatic nitrogens is 1. The molecule has 3 nitrogen and oxygen atoms in total. The molecule has 0 aliphatic rings. The lowest BCUT2D eigenvalue weighted by Crippen LogP contribution is -2.08. The number of hydrogen-bond acceptors (Lipinski definition) is 2. The Balaban J connectivity index is 2.51. The summed E-state index contributed by atoms with van der Waals surface area (Å²) in [5.41, 5.74) is -0.850. The highest BCUT2D eigenvalue weighted by Crippen LogP contribution is 2.33. The minimum atomic E-state index is -4.78. The number of nitrogens with zero attached hydrogens (tertiary/aromatic N) is 1. The van der Waals surface area contributed by atoms with Crippen molar-refractivity contribution in [3.63, 3.8) is 0 Å². The molecular weight excluding hydrogens is 290 g/mol. The predicted molar refractivity (Wildman–Crippen MR) is 66.3 cm³/mol. The Kier molecular flexibility index (Phi) is 3.67. The summed E-state index contributed by atoms with van der Waals surface area (Å²) in [4.78, 5) is 14.8. The quantitative estimate of drug-likeness (QED) is 0.855. The van der Waals surface area contributed by atoms with Gasteiger partial charge >= 0.3 is 12.1 Å². The Labute approximate surface area is 116 Å². The van der Waals surface area contributed by atoms with Gasteiger partial charge in [-0.3, -0.25) is 4.98 Å². The molecule has 0 bridgehead atoms. The summed E-state index contributed by atoms with van der Waals surface area (Å²) in [5, 5.41) is 8.98. The molecule has 2 rings (SSSR count). The van der Waals surface area contributed by atoms with Gasteiger partial charge in [0.1, 0.15) is 5.82 Å². The summed E-state index contributed by atoms with van der Waals surface area (Å²) in [7, 11) is 0. The van der Waals surface area contributed by atoms with Crippen LogP contribution in [0.25, 0.3) is 11.1 Å². The number of hydrogen-bond donors (Lipinski definition) is 1. The highest BCUT2D eigenvalue weighted by atomic mass is 19.4. The number of rotatable bonds is 2. The van der Waals surface area contributed by atoms with Gasteiger partial charge in [0, 0.05) is 11.8 Å². The van der Waals surface area contributed by atoms with E-state index >= 15 is 0 Å². The van der Waals surface area contributed by atoms with E-state index in [1.54, 1.807) is 0 Å². The minimum absolute atomic E-state index is 0.0900. The van der Waals surface area contributed by atoms with Crippen LogP contribution in [0.15, 0.2) is 30.5 Å². The van der Waals surface area contributed by atoms with Gasteiger partial charge in [-0.15, -0.1) is 0 Å². The average molecular weight is 299 g/mol. The van der Waals surface area contributed by atoms with Gasteiger partial charge in [-0.05, 0) is 30.7 Å². The smallest absolute Gasteiger partial charge is 0.419 e. The molecule has 2 aromatic rings. The van der Waals surface area contributed by atoms with Crippen molar-refractivity contribution in [3.8, 4) is 11.1 Å². The molecule has 0 spiro atoms. The van der Waals surface area contributed by atoms with Crippen molar-refractivity contribution < 1.29 is 27.5 Å². The van der Waals surface area contributed by atoms with Crippen molar-refractivity contribution in [1.82, 2.24) is 4.98 Å². The number of aryl methyl sites for hydroxylation is 1. The van der Waals surface area contributed by atoms with Crippen LogP contribution in [0.2, 0.25) is 0 Å². The molecule has 1 aromatic heterocycles. The first kappa shape index (κ1) is 15.0. The third-order valence-electron chi connectivity index (χ3n) is 2.93. The molecule has 0 aliphatic heterocycles. The fraction of sp³-hybridized carbons (Fsp3) is 0.143. The van der Waals surface area contributed by atoms with E-state index in [4.69, 9.17) is 5.11 Å². The average Bonchev–Trinajstić information content (AvgIpc) is 2.37. The first-order valence-electron chi connectivity index (χ1n) is 5.77. The van der Waals surface area contributed by atoms with Gasteiger partial charge in [-0.2, -0.15) is 13.2 Å². The third-order valence-corrected chi connectivity index (χ3v) is 2.93. The van der Waals surface area contributed by atoms with Gasteiger partial charge in [0.2, 0.25) is 0 Å². The SMILES string of the molecule is Cc1ncc(-c2ccc(C(F)(F)F)c(F)c2)cc1C(=O)O. The maximum absolute atomic E-state index is 13.5. The summed E-state index contributed by atoms with van der Waals surface area (Å²) < 4.78 is 50.9. The van der Waals surface area contributed by atoms with E-state index in [1.807, 2.05) is 0 Å². The first-order valence-corrected chi connectivity index (χ1v) is 5.77. The number of carbonyl (C=O) groups is 1. The van der Waals surface area contributed by atoms with E-state index in [1.165, 1.54) is 19.2 Å². The summed E-state index contributed by atoms with van der Waals surface area (Å²) in [5.74, 6) is -2.63. The van der Waals surface area contributed by atoms with Crippen LogP contribution in [0, 0.1) is 12.7 Å². The second kappa shape index (κ2) is 5.16. The largest absolute Gasteiger partial charge is 0.478 e. The van der Waals surface area contributed by atoms with Crippen molar-refractivity contribution in [1.29, 1.82) is 0 Å². The second-order valence-electron chi connectivity index (χ2n) is 4.35. The van der Waals surface area contributed by atoms with E-state index in [2.05, 4.69) is 4.98 Å². The van der Waals surface area contributed by atoms with Crippen LogP contribution in [0.4, 0.5) is 17.6 Å². The summed E-state index contributed by atoms with van der Waals surface area (Å²) in [6, 6.07) is 3.64. The van der Waals surface area contributed by atoms with Crippen LogP contribution in [0.1, 0.15) is 21.6 Å². The molecular formula is C14H9F4NO2. The number of halogens is 4. The molecule has 21 heavy (non-hydrogen) atoms. The molecule has 0 radical (unpaired) electrons. The van der Waals surface area contributed by atoms with E-state index in [0.717, 1.165) is 6.07 Å². The van der Waals surface area contributed by atoms with Crippen LogP contribution in [-0.4, -0.2) is 16.1 Å². The Hall–Kier alpha value is -2.44. The van der Waals surface area contributed by atoms with Crippen molar-refractivity contribution >= 4 is 5.97 Å². The van der Waals surface area contributed by atoms with Crippen molar-refractivity contribution in [2.24, 2.45) is 0 Å². The normalized spacial score (nSPS) is 11.5. The lowest BCUT2D eigenvalue weighted by Gasteiger charge is -2.10. The summed E-state index contributed by atoms with van der Waals surface area (Å²) >= 11 is 0. The van der Waals surface area contributed by atoms with Crippen molar-refractivity contribution in [2.45, 2.75) is 13.1 Å². The molecule has 1 N–H and O–H groups in total. The molecule has 0 aliphatic carbocycles. The second-order valence-corrected chi connectivity index (χ2v) is 4.35. The molecule has 7 heteroatoms. The number of carboxylic acid groups (broad SMARTS) is 1. The Morgan fingerprint density at radius 3 is 2.38 bits per heavy atom. The van der Waals surface area contributed by atoms with Gasteiger partial charge in [0.05, 0.1) is 16.8 Å². The van der Waals surface area contributed by atoms with Gasteiger partial charge in [-0.25, -0.2) is 9.18 Å². The molecule has 0 fully saturated rings. The zero-order chi connectivity index (χ0) is 15.8. The monoisotopic (exact) mass is 299 g/mol. The van der Waals surface area contributed by atoms with E-state index in [-0.39, 0.29) is 22.4 Å². The molecule has 0 atom stereocenters. The predicted octanol–water partition coefficient (Wildman–Crippen LogP) is 3.91. The minimum Gasteiger partial charge on any atom is -0.478 e. The Bertz CT molecular complexity index is 711.